The van der Waals surface area contributed by atoms with Gasteiger partial charge in [-0.2, -0.15) is 0 Å². The topological polar surface area (TPSA) is 92.4 Å². The van der Waals surface area contributed by atoms with E-state index in [0.717, 1.165) is 36.3 Å². The van der Waals surface area contributed by atoms with Gasteiger partial charge in [0.15, 0.2) is 0 Å². The van der Waals surface area contributed by atoms with E-state index >= 15 is 0 Å². The summed E-state index contributed by atoms with van der Waals surface area (Å²) in [6.07, 6.45) is 6.70. The summed E-state index contributed by atoms with van der Waals surface area (Å²) < 4.78 is 5.03. The smallest absolute Gasteiger partial charge is 0.305 e. The third kappa shape index (κ3) is 3.79. The zero-order valence-electron chi connectivity index (χ0n) is 12.6. The predicted molar refractivity (Wildman–Crippen MR) is 85.1 cm³/mol. The fourth-order valence-corrected chi connectivity index (χ4v) is 3.90. The van der Waals surface area contributed by atoms with Gasteiger partial charge in [-0.15, -0.1) is 11.3 Å². The number of carboxylic acids is 1. The number of aliphatic carboxylic acids is 1. The molecular formula is C16H18N2O4S. The van der Waals surface area contributed by atoms with E-state index in [1.807, 2.05) is 11.4 Å². The number of carbonyl (C=O) groups is 2. The lowest BCUT2D eigenvalue weighted by Crippen LogP contribution is -2.48. The van der Waals surface area contributed by atoms with Gasteiger partial charge in [0.05, 0.1) is 30.3 Å². The van der Waals surface area contributed by atoms with Crippen molar-refractivity contribution in [3.63, 3.8) is 0 Å². The Labute approximate surface area is 137 Å². The molecule has 0 radical (unpaired) electrons. The number of amides is 1. The zero-order chi connectivity index (χ0) is 16.3. The Morgan fingerprint density at radius 1 is 1.39 bits per heavy atom. The van der Waals surface area contributed by atoms with Gasteiger partial charge in [0.2, 0.25) is 5.91 Å². The molecular weight excluding hydrogens is 316 g/mol. The van der Waals surface area contributed by atoms with Crippen LogP contribution in [0.15, 0.2) is 28.4 Å². The number of furan rings is 1. The normalized spacial score (nSPS) is 16.3. The number of carboxylic acid groups (broad SMARTS) is 1. The number of carbonyl (C=O) groups excluding carboxylic acids is 1. The first-order chi connectivity index (χ1) is 11.1. The summed E-state index contributed by atoms with van der Waals surface area (Å²) in [5.41, 5.74) is 0.985. The maximum atomic E-state index is 12.3. The highest BCUT2D eigenvalue weighted by Gasteiger charge is 2.37. The maximum Gasteiger partial charge on any atom is 0.305 e. The first-order valence-electron chi connectivity index (χ1n) is 7.56. The second-order valence-electron chi connectivity index (χ2n) is 5.94. The summed E-state index contributed by atoms with van der Waals surface area (Å²) in [5, 5.41) is 14.7. The minimum atomic E-state index is -0.872. The fourth-order valence-electron chi connectivity index (χ4n) is 3.10. The Morgan fingerprint density at radius 3 is 2.83 bits per heavy atom. The molecule has 0 aromatic carbocycles. The fraction of sp³-hybridized carbons (Fsp3) is 0.438. The average molecular weight is 334 g/mol. The first kappa shape index (κ1) is 15.7. The molecule has 0 spiro atoms. The van der Waals surface area contributed by atoms with Gasteiger partial charge in [0.1, 0.15) is 11.3 Å². The second-order valence-corrected chi connectivity index (χ2v) is 6.80. The van der Waals surface area contributed by atoms with Crippen molar-refractivity contribution < 1.29 is 19.1 Å². The molecule has 0 unspecified atom stereocenters. The molecule has 1 aliphatic rings. The van der Waals surface area contributed by atoms with Crippen LogP contribution in [0.1, 0.15) is 37.8 Å². The third-order valence-corrected chi connectivity index (χ3v) is 5.06. The van der Waals surface area contributed by atoms with Crippen molar-refractivity contribution in [2.45, 2.75) is 44.1 Å². The predicted octanol–water partition coefficient (Wildman–Crippen LogP) is 2.85. The Morgan fingerprint density at radius 2 is 2.17 bits per heavy atom. The Bertz CT molecular complexity index is 687. The van der Waals surface area contributed by atoms with Crippen molar-refractivity contribution in [3.05, 3.63) is 29.7 Å². The summed E-state index contributed by atoms with van der Waals surface area (Å²) in [7, 11) is 0. The standard InChI is InChI=1S/C16H18N2O4S/c19-13(18-16(8-14(20)21)4-1-2-5-16)7-12-10-23-15(17-12)11-3-6-22-9-11/h3,6,9-10H,1-2,4-5,7-8H2,(H,18,19)(H,20,21). The van der Waals surface area contributed by atoms with Crippen molar-refractivity contribution in [1.82, 2.24) is 10.3 Å². The molecule has 1 aliphatic carbocycles. The number of aromatic nitrogens is 1. The molecule has 0 aliphatic heterocycles. The summed E-state index contributed by atoms with van der Waals surface area (Å²) in [6, 6.07) is 1.82. The summed E-state index contributed by atoms with van der Waals surface area (Å²) in [4.78, 5) is 27.8. The first-order valence-corrected chi connectivity index (χ1v) is 8.44. The van der Waals surface area contributed by atoms with Crippen LogP contribution in [0.3, 0.4) is 0 Å². The van der Waals surface area contributed by atoms with Gasteiger partial charge < -0.3 is 14.8 Å². The van der Waals surface area contributed by atoms with Gasteiger partial charge >= 0.3 is 5.97 Å². The molecule has 3 rings (SSSR count). The van der Waals surface area contributed by atoms with Crippen LogP contribution >= 0.6 is 11.3 Å². The van der Waals surface area contributed by atoms with E-state index in [1.54, 1.807) is 12.5 Å². The van der Waals surface area contributed by atoms with Crippen molar-refractivity contribution in [2.24, 2.45) is 0 Å². The highest BCUT2D eigenvalue weighted by molar-refractivity contribution is 7.13. The van der Waals surface area contributed by atoms with Crippen LogP contribution in [0.25, 0.3) is 10.6 Å². The largest absolute Gasteiger partial charge is 0.481 e. The Hall–Kier alpha value is -2.15. The summed E-state index contributed by atoms with van der Waals surface area (Å²) >= 11 is 1.46. The molecule has 0 bridgehead atoms. The molecule has 1 amide bonds. The number of hydrogen-bond acceptors (Lipinski definition) is 5. The molecule has 1 saturated carbocycles. The highest BCUT2D eigenvalue weighted by Crippen LogP contribution is 2.33. The van der Waals surface area contributed by atoms with E-state index in [4.69, 9.17) is 9.52 Å². The van der Waals surface area contributed by atoms with Crippen LogP contribution < -0.4 is 5.32 Å². The Kier molecular flexibility index (Phi) is 4.47. The number of rotatable bonds is 6. The lowest BCUT2D eigenvalue weighted by molar-refractivity contribution is -0.139. The molecule has 0 saturated heterocycles. The molecule has 2 N–H and O–H groups in total. The quantitative estimate of drug-likeness (QED) is 0.847. The number of nitrogens with one attached hydrogen (secondary N) is 1. The van der Waals surface area contributed by atoms with Gasteiger partial charge in [0, 0.05) is 10.9 Å². The van der Waals surface area contributed by atoms with Crippen LogP contribution in [0.5, 0.6) is 0 Å². The minimum Gasteiger partial charge on any atom is -0.481 e. The average Bonchev–Trinajstić information content (AvgIpc) is 3.18. The molecule has 1 fully saturated rings. The van der Waals surface area contributed by atoms with Crippen molar-refractivity contribution in [1.29, 1.82) is 0 Å². The van der Waals surface area contributed by atoms with E-state index in [0.29, 0.717) is 5.69 Å². The lowest BCUT2D eigenvalue weighted by atomic mass is 9.93. The van der Waals surface area contributed by atoms with Gasteiger partial charge in [-0.05, 0) is 18.9 Å². The molecule has 6 nitrogen and oxygen atoms in total. The highest BCUT2D eigenvalue weighted by atomic mass is 32.1. The number of hydrogen-bond donors (Lipinski definition) is 2. The SMILES string of the molecule is O=C(O)CC1(NC(=O)Cc2csc(-c3ccoc3)n2)CCCC1. The molecule has 2 aromatic rings. The van der Waals surface area contributed by atoms with Gasteiger partial charge in [-0.1, -0.05) is 12.8 Å². The van der Waals surface area contributed by atoms with Gasteiger partial charge in [0.25, 0.3) is 0 Å². The van der Waals surface area contributed by atoms with E-state index in [9.17, 15) is 9.59 Å². The molecule has 7 heteroatoms. The zero-order valence-corrected chi connectivity index (χ0v) is 13.4. The van der Waals surface area contributed by atoms with Crippen molar-refractivity contribution in [3.8, 4) is 10.6 Å². The lowest BCUT2D eigenvalue weighted by Gasteiger charge is -2.28. The van der Waals surface area contributed by atoms with E-state index in [-0.39, 0.29) is 18.7 Å². The maximum absolute atomic E-state index is 12.3. The van der Waals surface area contributed by atoms with Crippen molar-refractivity contribution >= 4 is 23.2 Å². The van der Waals surface area contributed by atoms with Crippen LogP contribution in [-0.2, 0) is 16.0 Å². The number of nitrogens with zero attached hydrogens (tertiary/aromatic N) is 1. The van der Waals surface area contributed by atoms with Gasteiger partial charge in [-0.3, -0.25) is 9.59 Å². The molecule has 2 aromatic heterocycles. The van der Waals surface area contributed by atoms with Crippen LogP contribution in [-0.4, -0.2) is 27.5 Å². The monoisotopic (exact) mass is 334 g/mol. The molecule has 0 atom stereocenters. The van der Waals surface area contributed by atoms with Gasteiger partial charge in [-0.25, -0.2) is 4.98 Å². The van der Waals surface area contributed by atoms with Crippen LogP contribution in [0.2, 0.25) is 0 Å². The molecule has 122 valence electrons. The van der Waals surface area contributed by atoms with E-state index < -0.39 is 11.5 Å². The van der Waals surface area contributed by atoms with Crippen LogP contribution in [0.4, 0.5) is 0 Å². The summed E-state index contributed by atoms with van der Waals surface area (Å²) in [5.74, 6) is -1.04. The Balaban J connectivity index is 1.63. The molecule has 2 heterocycles. The molecule has 23 heavy (non-hydrogen) atoms. The van der Waals surface area contributed by atoms with E-state index in [1.165, 1.54) is 11.3 Å². The van der Waals surface area contributed by atoms with E-state index in [2.05, 4.69) is 10.3 Å². The minimum absolute atomic E-state index is 0.0178. The van der Waals surface area contributed by atoms with Crippen molar-refractivity contribution in [2.75, 3.05) is 0 Å². The number of thiazole rings is 1. The van der Waals surface area contributed by atoms with Crippen LogP contribution in [0, 0.1) is 0 Å². The summed E-state index contributed by atoms with van der Waals surface area (Å²) in [6.45, 7) is 0. The third-order valence-electron chi connectivity index (χ3n) is 4.12. The second kappa shape index (κ2) is 6.54.